The summed E-state index contributed by atoms with van der Waals surface area (Å²) in [6.07, 6.45) is 3.78. The molecule has 1 heterocycles. The van der Waals surface area contributed by atoms with E-state index in [1.807, 2.05) is 30.3 Å². The standard InChI is InChI=1S/C14H13FN2/c15-13-11-8-4-5-9-12(11)16-14(17-13)10-6-2-1-3-7-10/h1-3,6-7H,4-5,8-9H2. The van der Waals surface area contributed by atoms with Crippen molar-refractivity contribution >= 4 is 0 Å². The number of hydrogen-bond acceptors (Lipinski definition) is 2. The summed E-state index contributed by atoms with van der Waals surface area (Å²) >= 11 is 0. The fourth-order valence-corrected chi connectivity index (χ4v) is 2.26. The second-order valence-electron chi connectivity index (χ2n) is 4.34. The van der Waals surface area contributed by atoms with E-state index in [0.717, 1.165) is 42.5 Å². The molecule has 0 radical (unpaired) electrons. The lowest BCUT2D eigenvalue weighted by molar-refractivity contribution is 0.534. The summed E-state index contributed by atoms with van der Waals surface area (Å²) in [5.41, 5.74) is 2.48. The zero-order valence-electron chi connectivity index (χ0n) is 9.49. The van der Waals surface area contributed by atoms with Crippen molar-refractivity contribution in [1.82, 2.24) is 9.97 Å². The molecule has 2 aromatic rings. The Kier molecular flexibility index (Phi) is 2.59. The maximum atomic E-state index is 13.9. The van der Waals surface area contributed by atoms with Crippen LogP contribution in [0, 0.1) is 5.95 Å². The molecule has 0 unspecified atom stereocenters. The van der Waals surface area contributed by atoms with Crippen molar-refractivity contribution in [2.75, 3.05) is 0 Å². The molecule has 0 atom stereocenters. The molecule has 0 amide bonds. The molecule has 0 fully saturated rings. The first-order chi connectivity index (χ1) is 8.34. The molecule has 0 N–H and O–H groups in total. The molecule has 1 aromatic heterocycles. The molecule has 0 aliphatic heterocycles. The first-order valence-electron chi connectivity index (χ1n) is 5.95. The Morgan fingerprint density at radius 3 is 2.53 bits per heavy atom. The quantitative estimate of drug-likeness (QED) is 0.701. The topological polar surface area (TPSA) is 25.8 Å². The van der Waals surface area contributed by atoms with E-state index in [9.17, 15) is 4.39 Å². The van der Waals surface area contributed by atoms with Crippen LogP contribution < -0.4 is 0 Å². The molecule has 86 valence electrons. The zero-order valence-corrected chi connectivity index (χ0v) is 9.49. The maximum absolute atomic E-state index is 13.9. The lowest BCUT2D eigenvalue weighted by atomic mass is 9.97. The molecule has 0 saturated carbocycles. The second kappa shape index (κ2) is 4.24. The predicted octanol–water partition coefficient (Wildman–Crippen LogP) is 3.16. The first-order valence-corrected chi connectivity index (χ1v) is 5.95. The van der Waals surface area contributed by atoms with Gasteiger partial charge in [0.15, 0.2) is 5.82 Å². The molecule has 3 rings (SSSR count). The predicted molar refractivity (Wildman–Crippen MR) is 64.1 cm³/mol. The van der Waals surface area contributed by atoms with Crippen molar-refractivity contribution in [1.29, 1.82) is 0 Å². The van der Waals surface area contributed by atoms with Crippen LogP contribution in [0.3, 0.4) is 0 Å². The van der Waals surface area contributed by atoms with E-state index >= 15 is 0 Å². The third-order valence-electron chi connectivity index (χ3n) is 3.16. The monoisotopic (exact) mass is 228 g/mol. The Hall–Kier alpha value is -1.77. The van der Waals surface area contributed by atoms with Gasteiger partial charge in [0.1, 0.15) is 0 Å². The summed E-state index contributed by atoms with van der Waals surface area (Å²) < 4.78 is 13.9. The van der Waals surface area contributed by atoms with E-state index < -0.39 is 0 Å². The number of aryl methyl sites for hydroxylation is 1. The van der Waals surface area contributed by atoms with Crippen LogP contribution in [0.25, 0.3) is 11.4 Å². The van der Waals surface area contributed by atoms with Gasteiger partial charge in [-0.25, -0.2) is 4.98 Å². The van der Waals surface area contributed by atoms with Crippen LogP contribution in [0.1, 0.15) is 24.1 Å². The summed E-state index contributed by atoms with van der Waals surface area (Å²) in [5, 5.41) is 0. The number of aromatic nitrogens is 2. The van der Waals surface area contributed by atoms with E-state index in [1.54, 1.807) is 0 Å². The van der Waals surface area contributed by atoms with Gasteiger partial charge in [0.05, 0.1) is 5.69 Å². The molecular weight excluding hydrogens is 215 g/mol. The lowest BCUT2D eigenvalue weighted by Crippen LogP contribution is -2.11. The number of benzene rings is 1. The lowest BCUT2D eigenvalue weighted by Gasteiger charge is -2.15. The van der Waals surface area contributed by atoms with E-state index in [1.165, 1.54) is 0 Å². The van der Waals surface area contributed by atoms with Gasteiger partial charge in [0.2, 0.25) is 5.95 Å². The largest absolute Gasteiger partial charge is 0.233 e. The van der Waals surface area contributed by atoms with Gasteiger partial charge in [0.25, 0.3) is 0 Å². The summed E-state index contributed by atoms with van der Waals surface area (Å²) in [6, 6.07) is 9.57. The smallest absolute Gasteiger partial charge is 0.219 e. The van der Waals surface area contributed by atoms with Gasteiger partial charge in [0, 0.05) is 11.1 Å². The molecule has 0 saturated heterocycles. The number of rotatable bonds is 1. The first kappa shape index (κ1) is 10.4. The van der Waals surface area contributed by atoms with Gasteiger partial charge in [-0.1, -0.05) is 30.3 Å². The van der Waals surface area contributed by atoms with Crippen LogP contribution in [0.4, 0.5) is 4.39 Å². The van der Waals surface area contributed by atoms with E-state index in [0.29, 0.717) is 5.82 Å². The highest BCUT2D eigenvalue weighted by atomic mass is 19.1. The minimum atomic E-state index is -0.339. The highest BCUT2D eigenvalue weighted by Crippen LogP contribution is 2.24. The molecule has 17 heavy (non-hydrogen) atoms. The highest BCUT2D eigenvalue weighted by molar-refractivity contribution is 5.54. The molecule has 1 aromatic carbocycles. The summed E-state index contributed by atoms with van der Waals surface area (Å²) in [6.45, 7) is 0. The van der Waals surface area contributed by atoms with Crippen LogP contribution in [0.2, 0.25) is 0 Å². The number of halogens is 1. The Labute approximate surface area is 99.5 Å². The van der Waals surface area contributed by atoms with Crippen molar-refractivity contribution in [2.45, 2.75) is 25.7 Å². The van der Waals surface area contributed by atoms with E-state index in [4.69, 9.17) is 0 Å². The van der Waals surface area contributed by atoms with Gasteiger partial charge in [-0.3, -0.25) is 0 Å². The number of nitrogens with zero attached hydrogens (tertiary/aromatic N) is 2. The SMILES string of the molecule is Fc1nc(-c2ccccc2)nc2c1CCCC2. The average Bonchev–Trinajstić information content (AvgIpc) is 2.40. The molecule has 1 aliphatic rings. The minimum absolute atomic E-state index is 0.339. The fourth-order valence-electron chi connectivity index (χ4n) is 2.26. The molecule has 3 heteroatoms. The maximum Gasteiger partial charge on any atom is 0.219 e. The minimum Gasteiger partial charge on any atom is -0.233 e. The molecule has 1 aliphatic carbocycles. The average molecular weight is 228 g/mol. The summed E-state index contributed by atoms with van der Waals surface area (Å²) in [4.78, 5) is 8.47. The van der Waals surface area contributed by atoms with Crippen LogP contribution in [-0.2, 0) is 12.8 Å². The third kappa shape index (κ3) is 1.93. The van der Waals surface area contributed by atoms with Crippen molar-refractivity contribution in [3.05, 3.63) is 47.5 Å². The Morgan fingerprint density at radius 2 is 1.71 bits per heavy atom. The number of fused-ring (bicyclic) bond motifs is 1. The van der Waals surface area contributed by atoms with Gasteiger partial charge in [-0.05, 0) is 25.7 Å². The van der Waals surface area contributed by atoms with Crippen LogP contribution in [0.15, 0.2) is 30.3 Å². The van der Waals surface area contributed by atoms with Crippen molar-refractivity contribution in [3.63, 3.8) is 0 Å². The molecule has 0 spiro atoms. The van der Waals surface area contributed by atoms with Gasteiger partial charge in [-0.2, -0.15) is 9.37 Å². The van der Waals surface area contributed by atoms with E-state index in [2.05, 4.69) is 9.97 Å². The van der Waals surface area contributed by atoms with Gasteiger partial charge in [-0.15, -0.1) is 0 Å². The summed E-state index contributed by atoms with van der Waals surface area (Å²) in [5.74, 6) is 0.164. The zero-order chi connectivity index (χ0) is 11.7. The van der Waals surface area contributed by atoms with Crippen molar-refractivity contribution in [2.24, 2.45) is 0 Å². The van der Waals surface area contributed by atoms with Crippen molar-refractivity contribution < 1.29 is 4.39 Å². The molecule has 0 bridgehead atoms. The second-order valence-corrected chi connectivity index (χ2v) is 4.34. The van der Waals surface area contributed by atoms with Gasteiger partial charge >= 0.3 is 0 Å². The third-order valence-corrected chi connectivity index (χ3v) is 3.16. The Balaban J connectivity index is 2.11. The normalized spacial score (nSPS) is 14.4. The molecular formula is C14H13FN2. The van der Waals surface area contributed by atoms with Crippen molar-refractivity contribution in [3.8, 4) is 11.4 Å². The summed E-state index contributed by atoms with van der Waals surface area (Å²) in [7, 11) is 0. The molecule has 2 nitrogen and oxygen atoms in total. The fraction of sp³-hybridized carbons (Fsp3) is 0.286. The Morgan fingerprint density at radius 1 is 0.941 bits per heavy atom. The van der Waals surface area contributed by atoms with Crippen LogP contribution in [-0.4, -0.2) is 9.97 Å². The van der Waals surface area contributed by atoms with Crippen LogP contribution in [0.5, 0.6) is 0 Å². The Bertz CT molecular complexity index is 537. The highest BCUT2D eigenvalue weighted by Gasteiger charge is 2.18. The number of hydrogen-bond donors (Lipinski definition) is 0. The van der Waals surface area contributed by atoms with Crippen LogP contribution >= 0.6 is 0 Å². The van der Waals surface area contributed by atoms with E-state index in [-0.39, 0.29) is 5.95 Å². The van der Waals surface area contributed by atoms with Gasteiger partial charge < -0.3 is 0 Å².